The standard InChI is InChI=1S/C17H21N5O2S.ClH/c1-11-14(9-10-18)12(2)22-17(20-11)15(16(19-3)21-22)25(23,24)13-7-5-4-6-8-13;/h4-8H,9-10,18H2,1-3H3,(H,19,21);1H. The molecule has 0 radical (unpaired) electrons. The number of nitrogens with one attached hydrogen (secondary N) is 1. The van der Waals surface area contributed by atoms with Gasteiger partial charge < -0.3 is 11.1 Å². The fourth-order valence-electron chi connectivity index (χ4n) is 2.98. The zero-order valence-electron chi connectivity index (χ0n) is 14.9. The molecule has 0 saturated carbocycles. The summed E-state index contributed by atoms with van der Waals surface area (Å²) in [6.07, 6.45) is 0.663. The number of nitrogens with two attached hydrogens (primary N) is 1. The number of aromatic nitrogens is 3. The highest BCUT2D eigenvalue weighted by Crippen LogP contribution is 2.31. The maximum atomic E-state index is 13.2. The Labute approximate surface area is 159 Å². The van der Waals surface area contributed by atoms with Crippen LogP contribution >= 0.6 is 12.4 Å². The molecule has 0 amide bonds. The summed E-state index contributed by atoms with van der Waals surface area (Å²) in [7, 11) is -2.11. The van der Waals surface area contributed by atoms with E-state index in [4.69, 9.17) is 5.73 Å². The first-order valence-corrected chi connectivity index (χ1v) is 9.47. The Balaban J connectivity index is 0.00000243. The van der Waals surface area contributed by atoms with Crippen molar-refractivity contribution in [2.75, 3.05) is 18.9 Å². The molecular formula is C17H22ClN5O2S. The first-order chi connectivity index (χ1) is 11.9. The SMILES string of the molecule is CNc1nn2c(C)c(CCN)c(C)nc2c1S(=O)(=O)c1ccccc1.Cl. The second-order valence-electron chi connectivity index (χ2n) is 5.78. The molecule has 0 aliphatic rings. The number of sulfone groups is 1. The lowest BCUT2D eigenvalue weighted by atomic mass is 10.1. The molecule has 3 N–H and O–H groups in total. The first-order valence-electron chi connectivity index (χ1n) is 7.98. The third-order valence-electron chi connectivity index (χ3n) is 4.24. The summed E-state index contributed by atoms with van der Waals surface area (Å²) in [6.45, 7) is 4.26. The van der Waals surface area contributed by atoms with Crippen molar-refractivity contribution in [2.24, 2.45) is 5.73 Å². The number of aryl methyl sites for hydroxylation is 2. The lowest BCUT2D eigenvalue weighted by Gasteiger charge is -2.10. The van der Waals surface area contributed by atoms with Crippen LogP contribution in [0.5, 0.6) is 0 Å². The highest BCUT2D eigenvalue weighted by molar-refractivity contribution is 7.91. The number of rotatable bonds is 5. The van der Waals surface area contributed by atoms with Gasteiger partial charge in [-0.25, -0.2) is 17.9 Å². The maximum absolute atomic E-state index is 13.2. The summed E-state index contributed by atoms with van der Waals surface area (Å²) >= 11 is 0. The lowest BCUT2D eigenvalue weighted by molar-refractivity contribution is 0.597. The van der Waals surface area contributed by atoms with E-state index < -0.39 is 9.84 Å². The van der Waals surface area contributed by atoms with Gasteiger partial charge in [0, 0.05) is 18.4 Å². The number of fused-ring (bicyclic) bond motifs is 1. The van der Waals surface area contributed by atoms with Gasteiger partial charge in [0.05, 0.1) is 4.90 Å². The molecule has 0 aliphatic heterocycles. The Morgan fingerprint density at radius 3 is 2.42 bits per heavy atom. The normalized spacial score (nSPS) is 11.4. The number of anilines is 1. The lowest BCUT2D eigenvalue weighted by Crippen LogP contribution is -2.11. The van der Waals surface area contributed by atoms with Crippen molar-refractivity contribution in [1.29, 1.82) is 0 Å². The molecule has 2 heterocycles. The third-order valence-corrected chi connectivity index (χ3v) is 6.04. The average molecular weight is 396 g/mol. The van der Waals surface area contributed by atoms with Crippen molar-refractivity contribution in [3.05, 3.63) is 47.3 Å². The van der Waals surface area contributed by atoms with E-state index in [-0.39, 0.29) is 28.0 Å². The van der Waals surface area contributed by atoms with E-state index >= 15 is 0 Å². The minimum absolute atomic E-state index is 0. The van der Waals surface area contributed by atoms with Crippen LogP contribution in [0, 0.1) is 13.8 Å². The molecular weight excluding hydrogens is 374 g/mol. The Bertz CT molecular complexity index is 1030. The summed E-state index contributed by atoms with van der Waals surface area (Å²) in [5.74, 6) is 0.281. The van der Waals surface area contributed by atoms with Crippen molar-refractivity contribution in [1.82, 2.24) is 14.6 Å². The van der Waals surface area contributed by atoms with E-state index in [0.717, 1.165) is 17.0 Å². The van der Waals surface area contributed by atoms with Gasteiger partial charge >= 0.3 is 0 Å². The van der Waals surface area contributed by atoms with Crippen LogP contribution in [0.2, 0.25) is 0 Å². The van der Waals surface area contributed by atoms with Gasteiger partial charge in [0.15, 0.2) is 16.4 Å². The van der Waals surface area contributed by atoms with E-state index in [9.17, 15) is 8.42 Å². The van der Waals surface area contributed by atoms with Gasteiger partial charge in [-0.05, 0) is 44.5 Å². The molecule has 9 heteroatoms. The molecule has 0 bridgehead atoms. The van der Waals surface area contributed by atoms with Crippen LogP contribution in [0.25, 0.3) is 5.65 Å². The predicted molar refractivity (Wildman–Crippen MR) is 104 cm³/mol. The summed E-state index contributed by atoms with van der Waals surface area (Å²) in [4.78, 5) is 4.84. The molecule has 0 saturated heterocycles. The molecule has 0 aliphatic carbocycles. The average Bonchev–Trinajstić information content (AvgIpc) is 2.98. The molecule has 7 nitrogen and oxygen atoms in total. The zero-order valence-corrected chi connectivity index (χ0v) is 16.5. The van der Waals surface area contributed by atoms with Crippen LogP contribution in [0.3, 0.4) is 0 Å². The van der Waals surface area contributed by atoms with E-state index in [1.54, 1.807) is 41.9 Å². The molecule has 2 aromatic heterocycles. The van der Waals surface area contributed by atoms with Crippen molar-refractivity contribution < 1.29 is 8.42 Å². The maximum Gasteiger partial charge on any atom is 0.214 e. The van der Waals surface area contributed by atoms with Gasteiger partial charge in [0.1, 0.15) is 0 Å². The number of hydrogen-bond acceptors (Lipinski definition) is 6. The molecule has 3 rings (SSSR count). The monoisotopic (exact) mass is 395 g/mol. The number of hydrogen-bond donors (Lipinski definition) is 2. The number of benzene rings is 1. The summed E-state index contributed by atoms with van der Waals surface area (Å²) in [5, 5.41) is 7.31. The molecule has 0 spiro atoms. The highest BCUT2D eigenvalue weighted by Gasteiger charge is 2.29. The molecule has 0 atom stereocenters. The van der Waals surface area contributed by atoms with E-state index in [0.29, 0.717) is 18.6 Å². The Hall–Kier alpha value is -2.16. The second-order valence-corrected chi connectivity index (χ2v) is 7.67. The summed E-state index contributed by atoms with van der Waals surface area (Å²) < 4.78 is 27.9. The van der Waals surface area contributed by atoms with Crippen LogP contribution in [0.15, 0.2) is 40.1 Å². The fourth-order valence-corrected chi connectivity index (χ4v) is 4.50. The summed E-state index contributed by atoms with van der Waals surface area (Å²) in [5.41, 5.74) is 8.61. The smallest absolute Gasteiger partial charge is 0.214 e. The molecule has 3 aromatic rings. The van der Waals surface area contributed by atoms with Gasteiger partial charge in [-0.2, -0.15) is 0 Å². The van der Waals surface area contributed by atoms with Crippen LogP contribution in [0.4, 0.5) is 5.82 Å². The van der Waals surface area contributed by atoms with Gasteiger partial charge in [0.25, 0.3) is 0 Å². The Morgan fingerprint density at radius 2 is 1.85 bits per heavy atom. The predicted octanol–water partition coefficient (Wildman–Crippen LogP) is 2.14. The van der Waals surface area contributed by atoms with Gasteiger partial charge in [0.2, 0.25) is 9.84 Å². The third kappa shape index (κ3) is 3.15. The molecule has 140 valence electrons. The van der Waals surface area contributed by atoms with Gasteiger partial charge in [-0.1, -0.05) is 18.2 Å². The van der Waals surface area contributed by atoms with Crippen LogP contribution < -0.4 is 11.1 Å². The van der Waals surface area contributed by atoms with Crippen molar-refractivity contribution in [3.63, 3.8) is 0 Å². The Morgan fingerprint density at radius 1 is 1.19 bits per heavy atom. The molecule has 1 aromatic carbocycles. The topological polar surface area (TPSA) is 102 Å². The van der Waals surface area contributed by atoms with E-state index in [2.05, 4.69) is 15.4 Å². The van der Waals surface area contributed by atoms with Gasteiger partial charge in [-0.3, -0.25) is 0 Å². The second kappa shape index (κ2) is 7.61. The zero-order chi connectivity index (χ0) is 18.2. The van der Waals surface area contributed by atoms with Crippen LogP contribution in [0.1, 0.15) is 17.0 Å². The summed E-state index contributed by atoms with van der Waals surface area (Å²) in [6, 6.07) is 8.31. The van der Waals surface area contributed by atoms with Crippen LogP contribution in [-0.4, -0.2) is 36.6 Å². The number of nitrogens with zero attached hydrogens (tertiary/aromatic N) is 3. The number of halogens is 1. The van der Waals surface area contributed by atoms with E-state index in [1.807, 2.05) is 13.8 Å². The van der Waals surface area contributed by atoms with Crippen molar-refractivity contribution in [3.8, 4) is 0 Å². The highest BCUT2D eigenvalue weighted by atomic mass is 35.5. The minimum Gasteiger partial charge on any atom is -0.370 e. The largest absolute Gasteiger partial charge is 0.370 e. The molecule has 0 unspecified atom stereocenters. The molecule has 0 fully saturated rings. The minimum atomic E-state index is -3.76. The first kappa shape index (κ1) is 20.2. The van der Waals surface area contributed by atoms with Crippen molar-refractivity contribution >= 4 is 33.7 Å². The van der Waals surface area contributed by atoms with E-state index in [1.165, 1.54) is 0 Å². The van der Waals surface area contributed by atoms with Crippen molar-refractivity contribution in [2.45, 2.75) is 30.1 Å². The van der Waals surface area contributed by atoms with Crippen LogP contribution in [-0.2, 0) is 16.3 Å². The fraction of sp³-hybridized carbons (Fsp3) is 0.294. The molecule has 26 heavy (non-hydrogen) atoms. The Kier molecular flexibility index (Phi) is 5.90. The van der Waals surface area contributed by atoms with Gasteiger partial charge in [-0.15, -0.1) is 17.5 Å². The quantitative estimate of drug-likeness (QED) is 0.686.